The highest BCUT2D eigenvalue weighted by atomic mass is 16.5. The predicted octanol–water partition coefficient (Wildman–Crippen LogP) is 3.59. The number of aryl methyl sites for hydroxylation is 2. The van der Waals surface area contributed by atoms with E-state index in [9.17, 15) is 4.79 Å². The lowest BCUT2D eigenvalue weighted by Crippen LogP contribution is -2.50. The van der Waals surface area contributed by atoms with Gasteiger partial charge < -0.3 is 25.2 Å². The number of carbonyl (C=O) groups excluding carboxylic acids is 1. The second kappa shape index (κ2) is 9.51. The van der Waals surface area contributed by atoms with Gasteiger partial charge in [-0.25, -0.2) is 9.78 Å². The number of pyridine rings is 1. The molecule has 3 aromatic rings. The third-order valence-electron chi connectivity index (χ3n) is 5.38. The van der Waals surface area contributed by atoms with E-state index in [1.165, 1.54) is 0 Å². The molecule has 1 saturated heterocycles. The maximum Gasteiger partial charge on any atom is 0.321 e. The molecular weight excluding hydrogens is 406 g/mol. The minimum Gasteiger partial charge on any atom is -0.497 e. The van der Waals surface area contributed by atoms with Crippen LogP contribution in [0.4, 0.5) is 27.9 Å². The van der Waals surface area contributed by atoms with Gasteiger partial charge in [-0.3, -0.25) is 0 Å². The molecule has 0 spiro atoms. The van der Waals surface area contributed by atoms with E-state index in [1.54, 1.807) is 13.3 Å². The van der Waals surface area contributed by atoms with Gasteiger partial charge in [0, 0.05) is 38.1 Å². The average Bonchev–Trinajstić information content (AvgIpc) is 2.82. The summed E-state index contributed by atoms with van der Waals surface area (Å²) in [7, 11) is 1.63. The van der Waals surface area contributed by atoms with Crippen LogP contribution >= 0.6 is 0 Å². The van der Waals surface area contributed by atoms with E-state index in [-0.39, 0.29) is 6.03 Å². The molecule has 2 amide bonds. The Morgan fingerprint density at radius 2 is 1.75 bits per heavy atom. The molecule has 32 heavy (non-hydrogen) atoms. The standard InChI is InChI=1S/C23H27N7O2/c1-16-4-7-20(24-15-16)26-21-8-9-22(28-27-21)29-10-12-30(13-11-29)23(31)25-19-6-5-18(32-3)14-17(19)2/h4-9,14-15H,10-13H2,1-3H3,(H,25,31)(H,24,26,27). The monoisotopic (exact) mass is 433 g/mol. The molecule has 0 aliphatic carbocycles. The number of nitrogens with zero attached hydrogens (tertiary/aromatic N) is 5. The number of methoxy groups -OCH3 is 1. The molecule has 0 saturated carbocycles. The Bertz CT molecular complexity index is 1060. The van der Waals surface area contributed by atoms with Crippen molar-refractivity contribution >= 4 is 29.2 Å². The van der Waals surface area contributed by atoms with Crippen molar-refractivity contribution < 1.29 is 9.53 Å². The van der Waals surface area contributed by atoms with Crippen molar-refractivity contribution in [3.05, 3.63) is 59.8 Å². The van der Waals surface area contributed by atoms with Crippen LogP contribution in [-0.4, -0.2) is 59.4 Å². The fourth-order valence-corrected chi connectivity index (χ4v) is 3.47. The van der Waals surface area contributed by atoms with Crippen LogP contribution in [0.2, 0.25) is 0 Å². The summed E-state index contributed by atoms with van der Waals surface area (Å²) in [6.45, 7) is 6.54. The van der Waals surface area contributed by atoms with Gasteiger partial charge in [-0.1, -0.05) is 6.07 Å². The van der Waals surface area contributed by atoms with Crippen LogP contribution in [0.15, 0.2) is 48.7 Å². The van der Waals surface area contributed by atoms with Gasteiger partial charge >= 0.3 is 6.03 Å². The summed E-state index contributed by atoms with van der Waals surface area (Å²) in [5.74, 6) is 2.92. The summed E-state index contributed by atoms with van der Waals surface area (Å²) in [4.78, 5) is 20.9. The van der Waals surface area contributed by atoms with Crippen molar-refractivity contribution in [2.45, 2.75) is 13.8 Å². The summed E-state index contributed by atoms with van der Waals surface area (Å²) in [6, 6.07) is 13.2. The smallest absolute Gasteiger partial charge is 0.321 e. The van der Waals surface area contributed by atoms with Gasteiger partial charge in [0.2, 0.25) is 0 Å². The van der Waals surface area contributed by atoms with Crippen LogP contribution < -0.4 is 20.3 Å². The number of piperazine rings is 1. The van der Waals surface area contributed by atoms with Gasteiger partial charge in [0.25, 0.3) is 0 Å². The molecule has 1 aliphatic heterocycles. The summed E-state index contributed by atoms with van der Waals surface area (Å²) in [6.07, 6.45) is 1.80. The number of hydrogen-bond acceptors (Lipinski definition) is 7. The fraction of sp³-hybridized carbons (Fsp3) is 0.304. The summed E-state index contributed by atoms with van der Waals surface area (Å²) < 4.78 is 5.22. The van der Waals surface area contributed by atoms with Gasteiger partial charge in [0.1, 0.15) is 11.6 Å². The SMILES string of the molecule is COc1ccc(NC(=O)N2CCN(c3ccc(Nc4ccc(C)cn4)nn3)CC2)c(C)c1. The Morgan fingerprint density at radius 3 is 2.38 bits per heavy atom. The quantitative estimate of drug-likeness (QED) is 0.635. The number of hydrogen-bond donors (Lipinski definition) is 2. The summed E-state index contributed by atoms with van der Waals surface area (Å²) in [5, 5.41) is 14.7. The minimum atomic E-state index is -0.103. The molecule has 0 bridgehead atoms. The van der Waals surface area contributed by atoms with Crippen molar-refractivity contribution in [3.8, 4) is 5.75 Å². The van der Waals surface area contributed by atoms with E-state index in [2.05, 4.69) is 30.7 Å². The van der Waals surface area contributed by atoms with Crippen molar-refractivity contribution in [1.29, 1.82) is 0 Å². The number of anilines is 4. The van der Waals surface area contributed by atoms with Crippen molar-refractivity contribution in [1.82, 2.24) is 20.1 Å². The lowest BCUT2D eigenvalue weighted by molar-refractivity contribution is 0.208. The first kappa shape index (κ1) is 21.4. The van der Waals surface area contributed by atoms with Crippen LogP contribution in [0, 0.1) is 13.8 Å². The maximum absolute atomic E-state index is 12.7. The molecule has 0 unspecified atom stereocenters. The van der Waals surface area contributed by atoms with Gasteiger partial charge in [-0.15, -0.1) is 10.2 Å². The number of ether oxygens (including phenoxy) is 1. The van der Waals surface area contributed by atoms with Crippen molar-refractivity contribution in [3.63, 3.8) is 0 Å². The third kappa shape index (κ3) is 5.05. The first-order chi connectivity index (χ1) is 15.5. The molecule has 1 aliphatic rings. The fourth-order valence-electron chi connectivity index (χ4n) is 3.47. The minimum absolute atomic E-state index is 0.103. The molecule has 1 fully saturated rings. The second-order valence-electron chi connectivity index (χ2n) is 7.71. The zero-order valence-corrected chi connectivity index (χ0v) is 18.5. The van der Waals surface area contributed by atoms with Gasteiger partial charge in [-0.2, -0.15) is 0 Å². The lowest BCUT2D eigenvalue weighted by Gasteiger charge is -2.35. The Labute approximate surface area is 187 Å². The van der Waals surface area contributed by atoms with Gasteiger partial charge in [-0.05, 0) is 61.4 Å². The Kier molecular flexibility index (Phi) is 6.34. The molecule has 2 aromatic heterocycles. The molecular formula is C23H27N7O2. The Morgan fingerprint density at radius 1 is 0.969 bits per heavy atom. The van der Waals surface area contributed by atoms with E-state index in [0.717, 1.165) is 34.2 Å². The summed E-state index contributed by atoms with van der Waals surface area (Å²) in [5.41, 5.74) is 2.85. The van der Waals surface area contributed by atoms with E-state index in [4.69, 9.17) is 4.74 Å². The van der Waals surface area contributed by atoms with Crippen LogP contribution in [0.25, 0.3) is 0 Å². The Hall–Kier alpha value is -3.88. The van der Waals surface area contributed by atoms with Crippen molar-refractivity contribution in [2.24, 2.45) is 0 Å². The topological polar surface area (TPSA) is 95.5 Å². The molecule has 1 aromatic carbocycles. The van der Waals surface area contributed by atoms with E-state index >= 15 is 0 Å². The molecule has 0 atom stereocenters. The molecule has 9 heteroatoms. The van der Waals surface area contributed by atoms with Crippen LogP contribution in [-0.2, 0) is 0 Å². The normalized spacial score (nSPS) is 13.6. The zero-order valence-electron chi connectivity index (χ0n) is 18.5. The van der Waals surface area contributed by atoms with Crippen LogP contribution in [0.5, 0.6) is 5.75 Å². The highest BCUT2D eigenvalue weighted by Gasteiger charge is 2.22. The predicted molar refractivity (Wildman–Crippen MR) is 125 cm³/mol. The lowest BCUT2D eigenvalue weighted by atomic mass is 10.2. The highest BCUT2D eigenvalue weighted by molar-refractivity contribution is 5.90. The van der Waals surface area contributed by atoms with Gasteiger partial charge in [0.15, 0.2) is 11.6 Å². The second-order valence-corrected chi connectivity index (χ2v) is 7.71. The average molecular weight is 434 g/mol. The molecule has 166 valence electrons. The number of nitrogens with one attached hydrogen (secondary N) is 2. The number of carbonyl (C=O) groups is 1. The van der Waals surface area contributed by atoms with E-state index in [1.807, 2.05) is 61.2 Å². The first-order valence-electron chi connectivity index (χ1n) is 10.5. The zero-order chi connectivity index (χ0) is 22.5. The number of urea groups is 1. The number of benzene rings is 1. The number of amides is 2. The van der Waals surface area contributed by atoms with Crippen LogP contribution in [0.3, 0.4) is 0 Å². The summed E-state index contributed by atoms with van der Waals surface area (Å²) >= 11 is 0. The number of rotatable bonds is 5. The molecule has 3 heterocycles. The first-order valence-corrected chi connectivity index (χ1v) is 10.5. The van der Waals surface area contributed by atoms with Crippen molar-refractivity contribution in [2.75, 3.05) is 48.8 Å². The number of aromatic nitrogens is 3. The molecule has 2 N–H and O–H groups in total. The Balaban J connectivity index is 1.30. The largest absolute Gasteiger partial charge is 0.497 e. The third-order valence-corrected chi connectivity index (χ3v) is 5.38. The maximum atomic E-state index is 12.7. The highest BCUT2D eigenvalue weighted by Crippen LogP contribution is 2.22. The molecule has 9 nitrogen and oxygen atoms in total. The molecule has 0 radical (unpaired) electrons. The van der Waals surface area contributed by atoms with E-state index < -0.39 is 0 Å². The molecule has 4 rings (SSSR count). The van der Waals surface area contributed by atoms with Crippen LogP contribution in [0.1, 0.15) is 11.1 Å². The van der Waals surface area contributed by atoms with E-state index in [0.29, 0.717) is 32.0 Å². The van der Waals surface area contributed by atoms with Gasteiger partial charge in [0.05, 0.1) is 7.11 Å².